The van der Waals surface area contributed by atoms with Crippen molar-refractivity contribution in [2.75, 3.05) is 0 Å². The van der Waals surface area contributed by atoms with Gasteiger partial charge >= 0.3 is 0 Å². The fourth-order valence-corrected chi connectivity index (χ4v) is 4.16. The summed E-state index contributed by atoms with van der Waals surface area (Å²) in [6, 6.07) is 18.6. The molecule has 0 radical (unpaired) electrons. The monoisotopic (exact) mass is 430 g/mol. The summed E-state index contributed by atoms with van der Waals surface area (Å²) < 4.78 is 1.22. The molecule has 7 heteroatoms. The minimum atomic E-state index is -0.447. The fourth-order valence-electron chi connectivity index (χ4n) is 3.45. The first-order valence-corrected chi connectivity index (χ1v) is 10.8. The second-order valence-corrected chi connectivity index (χ2v) is 8.31. The second-order valence-electron chi connectivity index (χ2n) is 7.25. The molecule has 1 N–H and O–H groups in total. The number of aromatic nitrogens is 3. The van der Waals surface area contributed by atoms with E-state index in [0.29, 0.717) is 11.3 Å². The molecule has 0 aliphatic heterocycles. The highest BCUT2D eigenvalue weighted by Crippen LogP contribution is 2.32. The van der Waals surface area contributed by atoms with Crippen LogP contribution in [0.15, 0.2) is 70.8 Å². The molecular weight excluding hydrogens is 408 g/mol. The van der Waals surface area contributed by atoms with E-state index >= 15 is 0 Å². The maximum absolute atomic E-state index is 13.4. The highest BCUT2D eigenvalue weighted by molar-refractivity contribution is 7.09. The number of nitrogens with zero attached hydrogens (tertiary/aromatic N) is 3. The molecule has 0 bridgehead atoms. The summed E-state index contributed by atoms with van der Waals surface area (Å²) in [6.45, 7) is 3.78. The smallest absolute Gasteiger partial charge is 0.280 e. The lowest BCUT2D eigenvalue weighted by Crippen LogP contribution is -2.36. The van der Waals surface area contributed by atoms with E-state index in [4.69, 9.17) is 0 Å². The predicted octanol–water partition coefficient (Wildman–Crippen LogP) is 4.37. The van der Waals surface area contributed by atoms with Gasteiger partial charge in [-0.05, 0) is 19.4 Å². The van der Waals surface area contributed by atoms with E-state index in [1.807, 2.05) is 79.9 Å². The summed E-state index contributed by atoms with van der Waals surface area (Å²) in [7, 11) is 1.56. The topological polar surface area (TPSA) is 76.9 Å². The molecule has 6 nitrogen and oxygen atoms in total. The van der Waals surface area contributed by atoms with E-state index in [1.165, 1.54) is 16.0 Å². The summed E-state index contributed by atoms with van der Waals surface area (Å²) >= 11 is 1.52. The Hall–Kier alpha value is -3.58. The summed E-state index contributed by atoms with van der Waals surface area (Å²) in [4.78, 5) is 31.0. The summed E-state index contributed by atoms with van der Waals surface area (Å²) in [5.41, 5.74) is 3.08. The van der Waals surface area contributed by atoms with Gasteiger partial charge in [-0.25, -0.2) is 9.67 Å². The molecule has 0 saturated carbocycles. The third-order valence-corrected chi connectivity index (χ3v) is 5.80. The standard InChI is InChI=1S/C24H22N4O2S/c1-15(19-14-31-16(2)26-19)25-23(29)21-20(17-10-6-4-7-11-17)22(27-28(3)24(21)30)18-12-8-5-9-13-18/h4-15H,1-3H3,(H,25,29). The number of hydrogen-bond donors (Lipinski definition) is 1. The van der Waals surface area contributed by atoms with Crippen LogP contribution in [-0.4, -0.2) is 20.7 Å². The number of thiazole rings is 1. The molecular formula is C24H22N4O2S. The van der Waals surface area contributed by atoms with Crippen LogP contribution in [0, 0.1) is 6.92 Å². The van der Waals surface area contributed by atoms with Gasteiger partial charge in [-0.15, -0.1) is 11.3 Å². The molecule has 0 saturated heterocycles. The van der Waals surface area contributed by atoms with Gasteiger partial charge in [-0.2, -0.15) is 5.10 Å². The lowest BCUT2D eigenvalue weighted by Gasteiger charge is -2.17. The lowest BCUT2D eigenvalue weighted by atomic mass is 9.95. The molecule has 1 unspecified atom stereocenters. The maximum atomic E-state index is 13.4. The molecule has 0 fully saturated rings. The molecule has 1 amide bonds. The first-order chi connectivity index (χ1) is 15.0. The van der Waals surface area contributed by atoms with Crippen molar-refractivity contribution in [1.82, 2.24) is 20.1 Å². The largest absolute Gasteiger partial charge is 0.344 e. The van der Waals surface area contributed by atoms with Gasteiger partial charge in [-0.1, -0.05) is 60.7 Å². The highest BCUT2D eigenvalue weighted by Gasteiger charge is 2.25. The average molecular weight is 431 g/mol. The van der Waals surface area contributed by atoms with Gasteiger partial charge < -0.3 is 5.32 Å². The van der Waals surface area contributed by atoms with Crippen molar-refractivity contribution < 1.29 is 4.79 Å². The second kappa shape index (κ2) is 8.65. The Kier molecular flexibility index (Phi) is 5.77. The Morgan fingerprint density at radius 2 is 1.65 bits per heavy atom. The minimum absolute atomic E-state index is 0.0707. The predicted molar refractivity (Wildman–Crippen MR) is 123 cm³/mol. The first kappa shape index (κ1) is 20.7. The van der Waals surface area contributed by atoms with Crippen LogP contribution < -0.4 is 10.9 Å². The number of carbonyl (C=O) groups is 1. The van der Waals surface area contributed by atoms with Gasteiger partial charge in [0.2, 0.25) is 0 Å². The van der Waals surface area contributed by atoms with Crippen molar-refractivity contribution in [2.45, 2.75) is 19.9 Å². The van der Waals surface area contributed by atoms with E-state index in [2.05, 4.69) is 15.4 Å². The van der Waals surface area contributed by atoms with Crippen LogP contribution >= 0.6 is 11.3 Å². The lowest BCUT2D eigenvalue weighted by molar-refractivity contribution is 0.0937. The molecule has 0 aliphatic rings. The molecule has 156 valence electrons. The maximum Gasteiger partial charge on any atom is 0.280 e. The van der Waals surface area contributed by atoms with Crippen LogP contribution in [0.5, 0.6) is 0 Å². The first-order valence-electron chi connectivity index (χ1n) is 9.90. The number of hydrogen-bond acceptors (Lipinski definition) is 5. The van der Waals surface area contributed by atoms with Crippen molar-refractivity contribution in [3.8, 4) is 22.4 Å². The summed E-state index contributed by atoms with van der Waals surface area (Å²) in [6.07, 6.45) is 0. The van der Waals surface area contributed by atoms with Gasteiger partial charge in [-0.3, -0.25) is 9.59 Å². The van der Waals surface area contributed by atoms with Crippen molar-refractivity contribution in [1.29, 1.82) is 0 Å². The molecule has 2 aromatic carbocycles. The van der Waals surface area contributed by atoms with Gasteiger partial charge in [0.05, 0.1) is 22.4 Å². The van der Waals surface area contributed by atoms with Crippen molar-refractivity contribution in [3.05, 3.63) is 92.7 Å². The van der Waals surface area contributed by atoms with Gasteiger partial charge in [0.25, 0.3) is 11.5 Å². The molecule has 4 aromatic rings. The molecule has 2 aromatic heterocycles. The van der Waals surface area contributed by atoms with E-state index in [9.17, 15) is 9.59 Å². The molecule has 4 rings (SSSR count). The number of rotatable bonds is 5. The van der Waals surface area contributed by atoms with Crippen LogP contribution in [0.25, 0.3) is 22.4 Å². The normalized spacial score (nSPS) is 11.8. The zero-order valence-corrected chi connectivity index (χ0v) is 18.3. The molecule has 31 heavy (non-hydrogen) atoms. The van der Waals surface area contributed by atoms with Gasteiger partial charge in [0, 0.05) is 23.6 Å². The SMILES string of the molecule is Cc1nc(C(C)NC(=O)c2c(-c3ccccc3)c(-c3ccccc3)nn(C)c2=O)cs1. The van der Waals surface area contributed by atoms with E-state index in [0.717, 1.165) is 21.8 Å². The van der Waals surface area contributed by atoms with Crippen LogP contribution in [0.3, 0.4) is 0 Å². The fraction of sp³-hybridized carbons (Fsp3) is 0.167. The number of nitrogens with one attached hydrogen (secondary N) is 1. The zero-order valence-electron chi connectivity index (χ0n) is 17.5. The Morgan fingerprint density at radius 3 is 2.23 bits per heavy atom. The third kappa shape index (κ3) is 4.18. The van der Waals surface area contributed by atoms with Crippen molar-refractivity contribution >= 4 is 17.2 Å². The van der Waals surface area contributed by atoms with Crippen LogP contribution in [-0.2, 0) is 7.05 Å². The zero-order chi connectivity index (χ0) is 22.0. The van der Waals surface area contributed by atoms with E-state index in [1.54, 1.807) is 7.05 Å². The van der Waals surface area contributed by atoms with Crippen molar-refractivity contribution in [2.24, 2.45) is 7.05 Å². The molecule has 1 atom stereocenters. The Bertz CT molecular complexity index is 1280. The summed E-state index contributed by atoms with van der Waals surface area (Å²) in [5.74, 6) is -0.447. The van der Waals surface area contributed by atoms with Gasteiger partial charge in [0.15, 0.2) is 0 Å². The molecule has 0 aliphatic carbocycles. The van der Waals surface area contributed by atoms with E-state index < -0.39 is 11.5 Å². The average Bonchev–Trinajstić information content (AvgIpc) is 3.22. The summed E-state index contributed by atoms with van der Waals surface area (Å²) in [5, 5.41) is 10.3. The third-order valence-electron chi connectivity index (χ3n) is 5.01. The quantitative estimate of drug-likeness (QED) is 0.510. The number of benzene rings is 2. The van der Waals surface area contributed by atoms with Gasteiger partial charge in [0.1, 0.15) is 5.56 Å². The number of amides is 1. The van der Waals surface area contributed by atoms with E-state index in [-0.39, 0.29) is 11.6 Å². The number of aryl methyl sites for hydroxylation is 2. The van der Waals surface area contributed by atoms with Crippen LogP contribution in [0.2, 0.25) is 0 Å². The highest BCUT2D eigenvalue weighted by atomic mass is 32.1. The van der Waals surface area contributed by atoms with Crippen LogP contribution in [0.4, 0.5) is 0 Å². The Labute approximate surface area is 184 Å². The number of carbonyl (C=O) groups excluding carboxylic acids is 1. The molecule has 0 spiro atoms. The van der Waals surface area contributed by atoms with Crippen molar-refractivity contribution in [3.63, 3.8) is 0 Å². The Balaban J connectivity index is 1.89. The molecule has 2 heterocycles. The Morgan fingerprint density at radius 1 is 1.03 bits per heavy atom. The minimum Gasteiger partial charge on any atom is -0.344 e. The van der Waals surface area contributed by atoms with Crippen LogP contribution in [0.1, 0.15) is 34.0 Å².